The second kappa shape index (κ2) is 5.41. The number of nitrogens with one attached hydrogen (secondary N) is 2. The van der Waals surface area contributed by atoms with Crippen molar-refractivity contribution in [2.45, 2.75) is 20.0 Å². The second-order valence-corrected chi connectivity index (χ2v) is 3.52. The van der Waals surface area contributed by atoms with E-state index >= 15 is 0 Å². The molecule has 0 spiro atoms. The molecule has 5 heteroatoms. The number of carbonyl (C=O) groups is 1. The Kier molecular flexibility index (Phi) is 4.17. The van der Waals surface area contributed by atoms with Crippen LogP contribution in [0.1, 0.15) is 24.3 Å². The molecular formula is C10H17N3O2. The van der Waals surface area contributed by atoms with Crippen molar-refractivity contribution in [2.75, 3.05) is 18.9 Å². The molecule has 1 aromatic rings. The molecule has 0 saturated heterocycles. The van der Waals surface area contributed by atoms with E-state index in [1.807, 2.05) is 13.8 Å². The van der Waals surface area contributed by atoms with Gasteiger partial charge in [-0.1, -0.05) is 0 Å². The third-order valence-corrected chi connectivity index (χ3v) is 1.79. The number of rotatable bonds is 5. The second-order valence-electron chi connectivity index (χ2n) is 3.52. The van der Waals surface area contributed by atoms with Gasteiger partial charge >= 0.3 is 0 Å². The van der Waals surface area contributed by atoms with Gasteiger partial charge in [0.15, 0.2) is 0 Å². The van der Waals surface area contributed by atoms with Crippen LogP contribution in [-0.4, -0.2) is 30.1 Å². The Balaban J connectivity index is 2.25. The number of aromatic nitrogens is 1. The molecule has 84 valence electrons. The number of nitrogen functional groups attached to an aromatic ring is 1. The van der Waals surface area contributed by atoms with E-state index in [4.69, 9.17) is 10.5 Å². The zero-order valence-electron chi connectivity index (χ0n) is 9.04. The molecule has 0 atom stereocenters. The quantitative estimate of drug-likeness (QED) is 0.629. The smallest absolute Gasteiger partial charge is 0.267 e. The highest BCUT2D eigenvalue weighted by Gasteiger charge is 2.06. The first kappa shape index (κ1) is 11.6. The first-order valence-corrected chi connectivity index (χ1v) is 4.93. The van der Waals surface area contributed by atoms with E-state index in [9.17, 15) is 4.79 Å². The fourth-order valence-corrected chi connectivity index (χ4v) is 1.10. The summed E-state index contributed by atoms with van der Waals surface area (Å²) in [5.41, 5.74) is 6.50. The molecule has 0 fully saturated rings. The third-order valence-electron chi connectivity index (χ3n) is 1.79. The van der Waals surface area contributed by atoms with Crippen LogP contribution in [0, 0.1) is 0 Å². The minimum Gasteiger partial charge on any atom is -0.397 e. The monoisotopic (exact) mass is 211 g/mol. The summed E-state index contributed by atoms with van der Waals surface area (Å²) < 4.78 is 5.28. The van der Waals surface area contributed by atoms with Crippen LogP contribution in [0.5, 0.6) is 0 Å². The number of hydrogen-bond acceptors (Lipinski definition) is 3. The van der Waals surface area contributed by atoms with E-state index in [2.05, 4.69) is 10.3 Å². The number of nitrogens with two attached hydrogens (primary N) is 1. The van der Waals surface area contributed by atoms with Crippen molar-refractivity contribution in [1.29, 1.82) is 0 Å². The van der Waals surface area contributed by atoms with Gasteiger partial charge in [0.05, 0.1) is 12.7 Å². The molecule has 0 bridgehead atoms. The van der Waals surface area contributed by atoms with E-state index in [1.54, 1.807) is 12.3 Å². The Labute approximate surface area is 89.0 Å². The van der Waals surface area contributed by atoms with Crippen molar-refractivity contribution in [1.82, 2.24) is 10.3 Å². The van der Waals surface area contributed by atoms with Gasteiger partial charge in [0.25, 0.3) is 5.91 Å². The summed E-state index contributed by atoms with van der Waals surface area (Å²) in [6.45, 7) is 4.91. The van der Waals surface area contributed by atoms with Crippen molar-refractivity contribution in [3.8, 4) is 0 Å². The molecule has 5 nitrogen and oxygen atoms in total. The van der Waals surface area contributed by atoms with Crippen LogP contribution < -0.4 is 11.1 Å². The summed E-state index contributed by atoms with van der Waals surface area (Å²) in [4.78, 5) is 14.2. The van der Waals surface area contributed by atoms with Gasteiger partial charge in [-0.2, -0.15) is 0 Å². The van der Waals surface area contributed by atoms with Gasteiger partial charge in [-0.15, -0.1) is 0 Å². The Hall–Kier alpha value is -1.49. The molecule has 1 aromatic heterocycles. The average Bonchev–Trinajstić information content (AvgIpc) is 2.59. The molecular weight excluding hydrogens is 194 g/mol. The number of hydrogen-bond donors (Lipinski definition) is 3. The summed E-state index contributed by atoms with van der Waals surface area (Å²) in [6, 6.07) is 1.60. The predicted octanol–water partition coefficient (Wildman–Crippen LogP) is 0.752. The van der Waals surface area contributed by atoms with Gasteiger partial charge in [0, 0.05) is 18.4 Å². The maximum atomic E-state index is 11.4. The SMILES string of the molecule is CC(C)OCCNC(=O)c1cc(N)c[nH]1. The minimum absolute atomic E-state index is 0.168. The van der Waals surface area contributed by atoms with E-state index in [0.29, 0.717) is 24.5 Å². The van der Waals surface area contributed by atoms with Gasteiger partial charge in [-0.25, -0.2) is 0 Å². The van der Waals surface area contributed by atoms with Gasteiger partial charge in [0.1, 0.15) is 5.69 Å². The molecule has 1 rings (SSSR count). The molecule has 0 aliphatic heterocycles. The summed E-state index contributed by atoms with van der Waals surface area (Å²) >= 11 is 0. The summed E-state index contributed by atoms with van der Waals surface area (Å²) in [5.74, 6) is -0.168. The van der Waals surface area contributed by atoms with Gasteiger partial charge in [0.2, 0.25) is 0 Å². The summed E-state index contributed by atoms with van der Waals surface area (Å²) in [6.07, 6.45) is 1.77. The molecule has 1 amide bonds. The molecule has 1 heterocycles. The summed E-state index contributed by atoms with van der Waals surface area (Å²) in [7, 11) is 0. The maximum Gasteiger partial charge on any atom is 0.267 e. The maximum absolute atomic E-state index is 11.4. The van der Waals surface area contributed by atoms with Crippen molar-refractivity contribution in [3.63, 3.8) is 0 Å². The molecule has 0 saturated carbocycles. The fourth-order valence-electron chi connectivity index (χ4n) is 1.10. The highest BCUT2D eigenvalue weighted by molar-refractivity contribution is 5.93. The number of H-pyrrole nitrogens is 1. The number of anilines is 1. The first-order chi connectivity index (χ1) is 7.09. The van der Waals surface area contributed by atoms with Crippen LogP contribution >= 0.6 is 0 Å². The van der Waals surface area contributed by atoms with Crippen LogP contribution in [0.3, 0.4) is 0 Å². The number of amides is 1. The third kappa shape index (κ3) is 4.03. The fraction of sp³-hybridized carbons (Fsp3) is 0.500. The van der Waals surface area contributed by atoms with Crippen LogP contribution in [-0.2, 0) is 4.74 Å². The Morgan fingerprint density at radius 1 is 1.67 bits per heavy atom. The van der Waals surface area contributed by atoms with Crippen molar-refractivity contribution in [3.05, 3.63) is 18.0 Å². The lowest BCUT2D eigenvalue weighted by Crippen LogP contribution is -2.28. The lowest BCUT2D eigenvalue weighted by molar-refractivity contribution is 0.0745. The largest absolute Gasteiger partial charge is 0.397 e. The molecule has 15 heavy (non-hydrogen) atoms. The highest BCUT2D eigenvalue weighted by atomic mass is 16.5. The number of ether oxygens (including phenoxy) is 1. The molecule has 0 aromatic carbocycles. The van der Waals surface area contributed by atoms with Gasteiger partial charge < -0.3 is 20.8 Å². The predicted molar refractivity (Wildman–Crippen MR) is 58.6 cm³/mol. The van der Waals surface area contributed by atoms with E-state index < -0.39 is 0 Å². The first-order valence-electron chi connectivity index (χ1n) is 4.93. The van der Waals surface area contributed by atoms with Crippen molar-refractivity contribution < 1.29 is 9.53 Å². The lowest BCUT2D eigenvalue weighted by atomic mass is 10.4. The lowest BCUT2D eigenvalue weighted by Gasteiger charge is -2.07. The topological polar surface area (TPSA) is 80.1 Å². The molecule has 0 aliphatic carbocycles. The normalized spacial score (nSPS) is 10.6. The van der Waals surface area contributed by atoms with Crippen LogP contribution in [0.4, 0.5) is 5.69 Å². The van der Waals surface area contributed by atoms with Crippen LogP contribution in [0.25, 0.3) is 0 Å². The number of carbonyl (C=O) groups excluding carboxylic acids is 1. The van der Waals surface area contributed by atoms with Crippen LogP contribution in [0.2, 0.25) is 0 Å². The number of aromatic amines is 1. The average molecular weight is 211 g/mol. The van der Waals surface area contributed by atoms with Crippen molar-refractivity contribution in [2.24, 2.45) is 0 Å². The molecule has 0 unspecified atom stereocenters. The van der Waals surface area contributed by atoms with Crippen molar-refractivity contribution >= 4 is 11.6 Å². The Morgan fingerprint density at radius 3 is 2.93 bits per heavy atom. The molecule has 0 aliphatic rings. The Bertz CT molecular complexity index is 320. The van der Waals surface area contributed by atoms with Crippen LogP contribution in [0.15, 0.2) is 12.3 Å². The molecule has 0 radical (unpaired) electrons. The minimum atomic E-state index is -0.168. The summed E-state index contributed by atoms with van der Waals surface area (Å²) in [5, 5.41) is 2.72. The zero-order chi connectivity index (χ0) is 11.3. The van der Waals surface area contributed by atoms with Gasteiger partial charge in [-0.05, 0) is 19.9 Å². The highest BCUT2D eigenvalue weighted by Crippen LogP contribution is 2.03. The molecule has 4 N–H and O–H groups in total. The Morgan fingerprint density at radius 2 is 2.40 bits per heavy atom. The standard InChI is InChI=1S/C10H17N3O2/c1-7(2)15-4-3-12-10(14)9-5-8(11)6-13-9/h5-7,13H,3-4,11H2,1-2H3,(H,12,14). The van der Waals surface area contributed by atoms with E-state index in [1.165, 1.54) is 0 Å². The zero-order valence-corrected chi connectivity index (χ0v) is 9.04. The van der Waals surface area contributed by atoms with E-state index in [-0.39, 0.29) is 12.0 Å². The van der Waals surface area contributed by atoms with Gasteiger partial charge in [-0.3, -0.25) is 4.79 Å². The van der Waals surface area contributed by atoms with E-state index in [0.717, 1.165) is 0 Å².